The zero-order chi connectivity index (χ0) is 8.20. The van der Waals surface area contributed by atoms with E-state index in [4.69, 9.17) is 0 Å². The first-order valence-corrected chi connectivity index (χ1v) is 7.16. The summed E-state index contributed by atoms with van der Waals surface area (Å²) in [6.45, 7) is 10.2. The smallest absolute Gasteiger partial charge is 0.120 e. The second-order valence-corrected chi connectivity index (χ2v) is 9.11. The van der Waals surface area contributed by atoms with Gasteiger partial charge in [-0.05, 0) is 6.42 Å². The van der Waals surface area contributed by atoms with Gasteiger partial charge in [0.25, 0.3) is 0 Å². The highest BCUT2D eigenvalue weighted by Gasteiger charge is 2.24. The molecule has 0 fully saturated rings. The fraction of sp³-hybridized carbons (Fsp3) is 0.625. The van der Waals surface area contributed by atoms with Gasteiger partial charge in [0.1, 0.15) is 6.29 Å². The summed E-state index contributed by atoms with van der Waals surface area (Å²) < 4.78 is 0. The molecule has 0 aliphatic rings. The van der Waals surface area contributed by atoms with Crippen LogP contribution in [0.5, 0.6) is 0 Å². The van der Waals surface area contributed by atoms with E-state index in [-0.39, 0.29) is 5.54 Å². The van der Waals surface area contributed by atoms with Crippen molar-refractivity contribution in [2.75, 3.05) is 0 Å². The first kappa shape index (κ1) is 9.63. The normalized spacial score (nSPS) is 14.3. The van der Waals surface area contributed by atoms with E-state index in [1.807, 2.05) is 6.08 Å². The number of carbonyl (C=O) groups excluding carboxylic acids is 1. The lowest BCUT2D eigenvalue weighted by atomic mass is 10.3. The van der Waals surface area contributed by atoms with Crippen LogP contribution in [0.25, 0.3) is 0 Å². The average Bonchev–Trinajstić information content (AvgIpc) is 1.80. The highest BCUT2D eigenvalue weighted by molar-refractivity contribution is 6.79. The van der Waals surface area contributed by atoms with Gasteiger partial charge >= 0.3 is 0 Å². The molecule has 0 aliphatic carbocycles. The van der Waals surface area contributed by atoms with Crippen LogP contribution in [0.2, 0.25) is 25.2 Å². The molecule has 0 spiro atoms. The molecule has 0 aliphatic heterocycles. The van der Waals surface area contributed by atoms with Crippen LogP contribution in [0.1, 0.15) is 6.42 Å². The van der Waals surface area contributed by atoms with Gasteiger partial charge in [-0.25, -0.2) is 0 Å². The zero-order valence-corrected chi connectivity index (χ0v) is 8.05. The average molecular weight is 156 g/mol. The van der Waals surface area contributed by atoms with Gasteiger partial charge in [-0.15, -0.1) is 6.58 Å². The van der Waals surface area contributed by atoms with Crippen LogP contribution in [-0.2, 0) is 4.79 Å². The molecule has 10 heavy (non-hydrogen) atoms. The number of aldehydes is 1. The fourth-order valence-corrected chi connectivity index (χ4v) is 2.07. The van der Waals surface area contributed by atoms with E-state index in [0.29, 0.717) is 0 Å². The maximum absolute atomic E-state index is 10.5. The SMILES string of the molecule is C=CCC(C=O)[Si](C)(C)C. The molecule has 1 nitrogen and oxygen atoms in total. The first-order chi connectivity index (χ1) is 4.52. The molecule has 0 bridgehead atoms. The van der Waals surface area contributed by atoms with Gasteiger partial charge in [0.2, 0.25) is 0 Å². The Morgan fingerprint density at radius 3 is 2.10 bits per heavy atom. The second kappa shape index (κ2) is 3.71. The van der Waals surface area contributed by atoms with E-state index >= 15 is 0 Å². The van der Waals surface area contributed by atoms with Crippen molar-refractivity contribution in [3.63, 3.8) is 0 Å². The van der Waals surface area contributed by atoms with E-state index in [9.17, 15) is 4.79 Å². The van der Waals surface area contributed by atoms with Gasteiger partial charge in [0.15, 0.2) is 0 Å². The number of carbonyl (C=O) groups is 1. The lowest BCUT2D eigenvalue weighted by Gasteiger charge is -2.21. The molecule has 0 amide bonds. The van der Waals surface area contributed by atoms with Crippen LogP contribution in [0.4, 0.5) is 0 Å². The Morgan fingerprint density at radius 2 is 2.00 bits per heavy atom. The Kier molecular flexibility index (Phi) is 3.57. The molecule has 0 N–H and O–H groups in total. The van der Waals surface area contributed by atoms with Crippen molar-refractivity contribution in [2.24, 2.45) is 0 Å². The maximum atomic E-state index is 10.5. The van der Waals surface area contributed by atoms with Crippen LogP contribution in [0, 0.1) is 0 Å². The van der Waals surface area contributed by atoms with E-state index in [1.54, 1.807) is 0 Å². The second-order valence-electron chi connectivity index (χ2n) is 3.63. The standard InChI is InChI=1S/C8H16OSi/c1-5-6-8(7-9)10(2,3)4/h5,7-8H,1,6H2,2-4H3. The number of hydrogen-bond acceptors (Lipinski definition) is 1. The summed E-state index contributed by atoms with van der Waals surface area (Å²) in [5.41, 5.74) is 0.255. The highest BCUT2D eigenvalue weighted by atomic mass is 28.3. The topological polar surface area (TPSA) is 17.1 Å². The summed E-state index contributed by atoms with van der Waals surface area (Å²) in [6.07, 6.45) is 3.75. The Hall–Kier alpha value is -0.373. The number of hydrogen-bond donors (Lipinski definition) is 0. The minimum absolute atomic E-state index is 0.255. The van der Waals surface area contributed by atoms with E-state index in [2.05, 4.69) is 26.2 Å². The zero-order valence-electron chi connectivity index (χ0n) is 7.05. The molecule has 0 saturated carbocycles. The highest BCUT2D eigenvalue weighted by Crippen LogP contribution is 2.22. The van der Waals surface area contributed by atoms with Crippen molar-refractivity contribution in [3.8, 4) is 0 Å². The van der Waals surface area contributed by atoms with E-state index < -0.39 is 8.07 Å². The van der Waals surface area contributed by atoms with Crippen molar-refractivity contribution < 1.29 is 4.79 Å². The molecule has 0 aromatic carbocycles. The first-order valence-electron chi connectivity index (χ1n) is 3.58. The molecule has 0 radical (unpaired) electrons. The summed E-state index contributed by atoms with van der Waals surface area (Å²) in [6, 6.07) is 0. The van der Waals surface area contributed by atoms with Crippen LogP contribution >= 0.6 is 0 Å². The van der Waals surface area contributed by atoms with Crippen LogP contribution < -0.4 is 0 Å². The van der Waals surface area contributed by atoms with E-state index in [0.717, 1.165) is 12.7 Å². The third kappa shape index (κ3) is 2.97. The predicted octanol–water partition coefficient (Wildman–Crippen LogP) is 2.47. The van der Waals surface area contributed by atoms with Gasteiger partial charge < -0.3 is 4.79 Å². The minimum Gasteiger partial charge on any atom is -0.303 e. The third-order valence-corrected chi connectivity index (χ3v) is 4.29. The van der Waals surface area contributed by atoms with Gasteiger partial charge in [0.05, 0.1) is 8.07 Å². The van der Waals surface area contributed by atoms with Crippen molar-refractivity contribution in [1.82, 2.24) is 0 Å². The minimum atomic E-state index is -1.25. The molecule has 0 rings (SSSR count). The van der Waals surface area contributed by atoms with Gasteiger partial charge in [-0.3, -0.25) is 0 Å². The van der Waals surface area contributed by atoms with Gasteiger partial charge in [-0.1, -0.05) is 25.7 Å². The molecule has 0 heterocycles. The molecule has 58 valence electrons. The monoisotopic (exact) mass is 156 g/mol. The Morgan fingerprint density at radius 1 is 1.50 bits per heavy atom. The Bertz CT molecular complexity index is 124. The number of allylic oxidation sites excluding steroid dienone is 1. The van der Waals surface area contributed by atoms with Crippen LogP contribution in [0.15, 0.2) is 12.7 Å². The van der Waals surface area contributed by atoms with Crippen LogP contribution in [-0.4, -0.2) is 14.4 Å². The van der Waals surface area contributed by atoms with Crippen molar-refractivity contribution >= 4 is 14.4 Å². The maximum Gasteiger partial charge on any atom is 0.120 e. The third-order valence-electron chi connectivity index (χ3n) is 1.70. The Balaban J connectivity index is 4.05. The largest absolute Gasteiger partial charge is 0.303 e. The summed E-state index contributed by atoms with van der Waals surface area (Å²) in [5.74, 6) is 0. The summed E-state index contributed by atoms with van der Waals surface area (Å²) in [7, 11) is -1.25. The molecule has 2 heteroatoms. The van der Waals surface area contributed by atoms with Crippen LogP contribution in [0.3, 0.4) is 0 Å². The summed E-state index contributed by atoms with van der Waals surface area (Å²) >= 11 is 0. The fourth-order valence-electron chi connectivity index (χ4n) is 0.793. The summed E-state index contributed by atoms with van der Waals surface area (Å²) in [5, 5.41) is 0. The van der Waals surface area contributed by atoms with Gasteiger partial charge in [-0.2, -0.15) is 0 Å². The quantitative estimate of drug-likeness (QED) is 0.347. The van der Waals surface area contributed by atoms with Crippen molar-refractivity contribution in [1.29, 1.82) is 0 Å². The van der Waals surface area contributed by atoms with Crippen molar-refractivity contribution in [2.45, 2.75) is 31.6 Å². The molecule has 0 saturated heterocycles. The van der Waals surface area contributed by atoms with E-state index in [1.165, 1.54) is 0 Å². The van der Waals surface area contributed by atoms with Gasteiger partial charge in [0, 0.05) is 5.54 Å². The van der Waals surface area contributed by atoms with Crippen molar-refractivity contribution in [3.05, 3.63) is 12.7 Å². The molecular formula is C8H16OSi. The molecule has 0 aromatic heterocycles. The molecule has 0 aromatic rings. The lowest BCUT2D eigenvalue weighted by molar-refractivity contribution is -0.107. The summed E-state index contributed by atoms with van der Waals surface area (Å²) in [4.78, 5) is 10.5. The Labute approximate surface area is 64.1 Å². The molecular weight excluding hydrogens is 140 g/mol. The predicted molar refractivity (Wildman–Crippen MR) is 48.0 cm³/mol. The lowest BCUT2D eigenvalue weighted by Crippen LogP contribution is -2.28. The molecule has 1 atom stereocenters. The molecule has 1 unspecified atom stereocenters. The number of rotatable bonds is 4.